The van der Waals surface area contributed by atoms with E-state index < -0.39 is 0 Å². The number of thiophene rings is 1. The number of nitrogens with zero attached hydrogens (tertiary/aromatic N) is 4. The fourth-order valence-corrected chi connectivity index (χ4v) is 4.04. The predicted octanol–water partition coefficient (Wildman–Crippen LogP) is 3.75. The van der Waals surface area contributed by atoms with Gasteiger partial charge in [-0.2, -0.15) is 10.2 Å². The maximum Gasteiger partial charge on any atom is 0.266 e. The van der Waals surface area contributed by atoms with Gasteiger partial charge in [-0.25, -0.2) is 4.68 Å². The molecule has 0 fully saturated rings. The molecule has 0 spiro atoms. The lowest BCUT2D eigenvalue weighted by Crippen LogP contribution is -2.15. The average molecular weight is 365 g/mol. The molecule has 0 saturated heterocycles. The van der Waals surface area contributed by atoms with Gasteiger partial charge in [-0.05, 0) is 25.5 Å². The molecule has 4 rings (SSSR count). The van der Waals surface area contributed by atoms with E-state index in [0.717, 1.165) is 27.2 Å². The Hall–Kier alpha value is -2.93. The van der Waals surface area contributed by atoms with Crippen molar-refractivity contribution in [2.75, 3.05) is 5.32 Å². The van der Waals surface area contributed by atoms with Crippen LogP contribution < -0.4 is 5.32 Å². The fourth-order valence-electron chi connectivity index (χ4n) is 3.02. The van der Waals surface area contributed by atoms with Gasteiger partial charge in [0.25, 0.3) is 5.91 Å². The molecule has 0 unspecified atom stereocenters. The number of anilines is 1. The summed E-state index contributed by atoms with van der Waals surface area (Å²) in [5.41, 5.74) is 2.94. The first kappa shape index (κ1) is 16.5. The molecular formula is C19H19N5OS. The number of carbonyl (C=O) groups is 1. The van der Waals surface area contributed by atoms with E-state index in [0.29, 0.717) is 17.2 Å². The molecule has 0 aliphatic heterocycles. The van der Waals surface area contributed by atoms with Crippen molar-refractivity contribution in [3.05, 3.63) is 64.3 Å². The molecule has 0 aliphatic carbocycles. The molecule has 0 radical (unpaired) electrons. The molecule has 1 aromatic carbocycles. The van der Waals surface area contributed by atoms with E-state index in [-0.39, 0.29) is 5.91 Å². The first-order valence-electron chi connectivity index (χ1n) is 8.34. The van der Waals surface area contributed by atoms with E-state index >= 15 is 0 Å². The van der Waals surface area contributed by atoms with Gasteiger partial charge in [-0.1, -0.05) is 30.3 Å². The van der Waals surface area contributed by atoms with Crippen LogP contribution in [0.25, 0.3) is 10.2 Å². The molecule has 3 heterocycles. The van der Waals surface area contributed by atoms with Gasteiger partial charge in [0, 0.05) is 18.5 Å². The molecule has 1 N–H and O–H groups in total. The Kier molecular flexibility index (Phi) is 4.08. The van der Waals surface area contributed by atoms with Crippen molar-refractivity contribution in [2.24, 2.45) is 7.05 Å². The number of carbonyl (C=O) groups excluding carboxylic acids is 1. The Morgan fingerprint density at radius 2 is 1.92 bits per heavy atom. The van der Waals surface area contributed by atoms with Gasteiger partial charge in [0.15, 0.2) is 0 Å². The Morgan fingerprint density at radius 1 is 1.15 bits per heavy atom. The maximum absolute atomic E-state index is 12.7. The highest BCUT2D eigenvalue weighted by atomic mass is 32.1. The number of hydrogen-bond acceptors (Lipinski definition) is 4. The minimum atomic E-state index is -0.125. The highest BCUT2D eigenvalue weighted by Crippen LogP contribution is 2.28. The quantitative estimate of drug-likeness (QED) is 0.599. The number of amides is 1. The summed E-state index contributed by atoms with van der Waals surface area (Å²) in [6, 6.07) is 13.9. The van der Waals surface area contributed by atoms with Crippen molar-refractivity contribution in [1.82, 2.24) is 19.6 Å². The molecule has 0 bridgehead atoms. The largest absolute Gasteiger partial charge is 0.306 e. The van der Waals surface area contributed by atoms with Crippen molar-refractivity contribution < 1.29 is 4.79 Å². The summed E-state index contributed by atoms with van der Waals surface area (Å²) in [4.78, 5) is 14.4. The second-order valence-corrected chi connectivity index (χ2v) is 7.34. The highest BCUT2D eigenvalue weighted by Gasteiger charge is 2.17. The summed E-state index contributed by atoms with van der Waals surface area (Å²) in [6.45, 7) is 4.49. The highest BCUT2D eigenvalue weighted by molar-refractivity contribution is 7.20. The van der Waals surface area contributed by atoms with Crippen LogP contribution in [-0.4, -0.2) is 25.5 Å². The Bertz CT molecular complexity index is 1060. The minimum Gasteiger partial charge on any atom is -0.306 e. The van der Waals surface area contributed by atoms with E-state index in [2.05, 4.69) is 15.5 Å². The van der Waals surface area contributed by atoms with E-state index in [9.17, 15) is 4.79 Å². The van der Waals surface area contributed by atoms with Gasteiger partial charge in [-0.3, -0.25) is 9.48 Å². The lowest BCUT2D eigenvalue weighted by Gasteiger charge is -2.08. The van der Waals surface area contributed by atoms with Crippen molar-refractivity contribution in [2.45, 2.75) is 20.4 Å². The standard InChI is InChI=1S/C19H19N5OS/c1-12-9-17(24(21-12)11-14-7-5-4-6-8-14)20-18(25)16-10-15-13(2)22-23(3)19(15)26-16/h4-10H,11H2,1-3H3,(H,20,25). The van der Waals surface area contributed by atoms with Gasteiger partial charge in [0.2, 0.25) is 0 Å². The van der Waals surface area contributed by atoms with Crippen LogP contribution in [0.4, 0.5) is 5.82 Å². The third-order valence-electron chi connectivity index (χ3n) is 4.24. The monoisotopic (exact) mass is 365 g/mol. The van der Waals surface area contributed by atoms with Crippen LogP contribution in [0.2, 0.25) is 0 Å². The molecule has 26 heavy (non-hydrogen) atoms. The molecule has 3 aromatic heterocycles. The number of aromatic nitrogens is 4. The van der Waals surface area contributed by atoms with Gasteiger partial charge in [-0.15, -0.1) is 11.3 Å². The third kappa shape index (κ3) is 3.01. The van der Waals surface area contributed by atoms with Crippen LogP contribution in [0.3, 0.4) is 0 Å². The number of fused-ring (bicyclic) bond motifs is 1. The molecule has 1 amide bonds. The predicted molar refractivity (Wildman–Crippen MR) is 104 cm³/mol. The van der Waals surface area contributed by atoms with Gasteiger partial charge >= 0.3 is 0 Å². The molecular weight excluding hydrogens is 346 g/mol. The zero-order valence-corrected chi connectivity index (χ0v) is 15.7. The summed E-state index contributed by atoms with van der Waals surface area (Å²) < 4.78 is 3.64. The molecule has 0 saturated carbocycles. The van der Waals surface area contributed by atoms with Crippen LogP contribution in [0, 0.1) is 13.8 Å². The SMILES string of the molecule is Cc1cc(NC(=O)c2cc3c(C)nn(C)c3s2)n(Cc2ccccc2)n1. The normalized spacial score (nSPS) is 11.2. The molecule has 0 atom stereocenters. The van der Waals surface area contributed by atoms with E-state index in [1.807, 2.05) is 72.7 Å². The molecule has 7 heteroatoms. The van der Waals surface area contributed by atoms with Crippen molar-refractivity contribution in [1.29, 1.82) is 0 Å². The van der Waals surface area contributed by atoms with Crippen molar-refractivity contribution in [3.63, 3.8) is 0 Å². The first-order valence-corrected chi connectivity index (χ1v) is 9.16. The number of benzene rings is 1. The Balaban J connectivity index is 1.60. The number of aryl methyl sites for hydroxylation is 3. The first-order chi connectivity index (χ1) is 12.5. The summed E-state index contributed by atoms with van der Waals surface area (Å²) in [5.74, 6) is 0.573. The maximum atomic E-state index is 12.7. The zero-order chi connectivity index (χ0) is 18.3. The topological polar surface area (TPSA) is 64.7 Å². The smallest absolute Gasteiger partial charge is 0.266 e. The lowest BCUT2D eigenvalue weighted by molar-refractivity contribution is 0.102. The van der Waals surface area contributed by atoms with Gasteiger partial charge in [0.05, 0.1) is 22.8 Å². The van der Waals surface area contributed by atoms with Gasteiger partial charge in [0.1, 0.15) is 10.6 Å². The molecule has 0 aliphatic rings. The number of nitrogens with one attached hydrogen (secondary N) is 1. The Labute approximate surface area is 155 Å². The van der Waals surface area contributed by atoms with Crippen LogP contribution >= 0.6 is 11.3 Å². The number of rotatable bonds is 4. The second kappa shape index (κ2) is 6.42. The lowest BCUT2D eigenvalue weighted by atomic mass is 10.2. The number of hydrogen-bond donors (Lipinski definition) is 1. The van der Waals surface area contributed by atoms with Crippen molar-refractivity contribution >= 4 is 33.3 Å². The van der Waals surface area contributed by atoms with E-state index in [4.69, 9.17) is 0 Å². The summed E-state index contributed by atoms with van der Waals surface area (Å²) >= 11 is 1.45. The molecule has 132 valence electrons. The summed E-state index contributed by atoms with van der Waals surface area (Å²) in [5, 5.41) is 12.9. The Morgan fingerprint density at radius 3 is 2.65 bits per heavy atom. The molecule has 4 aromatic rings. The second-order valence-electron chi connectivity index (χ2n) is 6.31. The van der Waals surface area contributed by atoms with Gasteiger partial charge < -0.3 is 5.32 Å². The van der Waals surface area contributed by atoms with Crippen LogP contribution in [0.15, 0.2) is 42.5 Å². The van der Waals surface area contributed by atoms with E-state index in [1.54, 1.807) is 0 Å². The van der Waals surface area contributed by atoms with Crippen LogP contribution in [0.1, 0.15) is 26.6 Å². The van der Waals surface area contributed by atoms with E-state index in [1.165, 1.54) is 11.3 Å². The summed E-state index contributed by atoms with van der Waals surface area (Å²) in [7, 11) is 1.89. The van der Waals surface area contributed by atoms with Crippen LogP contribution in [0.5, 0.6) is 0 Å². The zero-order valence-electron chi connectivity index (χ0n) is 14.9. The molecule has 6 nitrogen and oxygen atoms in total. The fraction of sp³-hybridized carbons (Fsp3) is 0.211. The summed E-state index contributed by atoms with van der Waals surface area (Å²) in [6.07, 6.45) is 0. The average Bonchev–Trinajstić information content (AvgIpc) is 3.26. The van der Waals surface area contributed by atoms with Crippen molar-refractivity contribution in [3.8, 4) is 0 Å². The third-order valence-corrected chi connectivity index (χ3v) is 5.44. The minimum absolute atomic E-state index is 0.125. The van der Waals surface area contributed by atoms with Crippen LogP contribution in [-0.2, 0) is 13.6 Å².